The summed E-state index contributed by atoms with van der Waals surface area (Å²) in [4.78, 5) is 1.50. The highest BCUT2D eigenvalue weighted by molar-refractivity contribution is 7.09. The van der Waals surface area contributed by atoms with E-state index < -0.39 is 0 Å². The lowest BCUT2D eigenvalue weighted by Gasteiger charge is -2.13. The third kappa shape index (κ3) is 3.86. The van der Waals surface area contributed by atoms with Gasteiger partial charge in [-0.15, -0.1) is 11.3 Å². The lowest BCUT2D eigenvalue weighted by Crippen LogP contribution is -1.95. The molecule has 2 heteroatoms. The number of rotatable bonds is 6. The molecular formula is C16H19ClS. The molecule has 0 aliphatic rings. The molecule has 2 aromatic rings. The maximum absolute atomic E-state index is 6.21. The molecule has 0 radical (unpaired) electrons. The molecule has 0 aliphatic carbocycles. The van der Waals surface area contributed by atoms with Crippen LogP contribution in [0.1, 0.15) is 42.5 Å². The van der Waals surface area contributed by atoms with Gasteiger partial charge < -0.3 is 0 Å². The molecule has 0 nitrogen and oxygen atoms in total. The van der Waals surface area contributed by atoms with Crippen molar-refractivity contribution in [1.82, 2.24) is 0 Å². The van der Waals surface area contributed by atoms with Gasteiger partial charge in [-0.2, -0.15) is 0 Å². The largest absolute Gasteiger partial charge is 0.149 e. The van der Waals surface area contributed by atoms with Crippen LogP contribution in [0.2, 0.25) is 5.02 Å². The highest BCUT2D eigenvalue weighted by Crippen LogP contribution is 2.28. The van der Waals surface area contributed by atoms with E-state index in [-0.39, 0.29) is 0 Å². The highest BCUT2D eigenvalue weighted by atomic mass is 35.5. The van der Waals surface area contributed by atoms with E-state index in [1.807, 2.05) is 23.5 Å². The van der Waals surface area contributed by atoms with Gasteiger partial charge in [-0.3, -0.25) is 0 Å². The van der Waals surface area contributed by atoms with Crippen molar-refractivity contribution in [3.05, 3.63) is 57.2 Å². The fourth-order valence-corrected chi connectivity index (χ4v) is 3.31. The molecule has 1 aromatic heterocycles. The third-order valence-electron chi connectivity index (χ3n) is 3.33. The fourth-order valence-electron chi connectivity index (χ4n) is 2.23. The summed E-state index contributed by atoms with van der Waals surface area (Å²) in [5.74, 6) is 0.557. The first kappa shape index (κ1) is 13.6. The number of aryl methyl sites for hydroxylation is 1. The zero-order chi connectivity index (χ0) is 12.8. The molecule has 1 aromatic carbocycles. The summed E-state index contributed by atoms with van der Waals surface area (Å²) >= 11 is 8.07. The lowest BCUT2D eigenvalue weighted by molar-refractivity contribution is 0.606. The van der Waals surface area contributed by atoms with Gasteiger partial charge in [0.1, 0.15) is 0 Å². The van der Waals surface area contributed by atoms with Gasteiger partial charge in [0.2, 0.25) is 0 Å². The van der Waals surface area contributed by atoms with Crippen molar-refractivity contribution in [2.24, 2.45) is 0 Å². The van der Waals surface area contributed by atoms with Crippen LogP contribution in [0.15, 0.2) is 41.8 Å². The van der Waals surface area contributed by atoms with Crippen LogP contribution < -0.4 is 0 Å². The molecule has 1 atom stereocenters. The molecule has 1 heterocycles. The van der Waals surface area contributed by atoms with Crippen molar-refractivity contribution < 1.29 is 0 Å². The van der Waals surface area contributed by atoms with Gasteiger partial charge in [0.05, 0.1) is 0 Å². The summed E-state index contributed by atoms with van der Waals surface area (Å²) in [5.41, 5.74) is 1.29. The second kappa shape index (κ2) is 6.96. The summed E-state index contributed by atoms with van der Waals surface area (Å²) in [6.07, 6.45) is 4.97. The van der Waals surface area contributed by atoms with Gasteiger partial charge in [-0.25, -0.2) is 0 Å². The minimum absolute atomic E-state index is 0.557. The van der Waals surface area contributed by atoms with Gasteiger partial charge >= 0.3 is 0 Å². The van der Waals surface area contributed by atoms with Crippen molar-refractivity contribution in [3.63, 3.8) is 0 Å². The first-order valence-corrected chi connectivity index (χ1v) is 7.80. The van der Waals surface area contributed by atoms with Crippen molar-refractivity contribution in [3.8, 4) is 0 Å². The average molecular weight is 279 g/mol. The Balaban J connectivity index is 1.75. The van der Waals surface area contributed by atoms with Crippen LogP contribution in [0.25, 0.3) is 0 Å². The number of halogens is 1. The Morgan fingerprint density at radius 3 is 2.67 bits per heavy atom. The van der Waals surface area contributed by atoms with E-state index in [2.05, 4.69) is 36.6 Å². The summed E-state index contributed by atoms with van der Waals surface area (Å²) in [5, 5.41) is 3.06. The predicted molar refractivity (Wildman–Crippen MR) is 81.7 cm³/mol. The molecular weight excluding hydrogens is 260 g/mol. The Labute approximate surface area is 119 Å². The third-order valence-corrected chi connectivity index (χ3v) is 4.61. The van der Waals surface area contributed by atoms with Crippen molar-refractivity contribution in [2.75, 3.05) is 0 Å². The minimum atomic E-state index is 0.557. The van der Waals surface area contributed by atoms with Gasteiger partial charge in [-0.05, 0) is 48.3 Å². The molecule has 96 valence electrons. The molecule has 0 fully saturated rings. The van der Waals surface area contributed by atoms with E-state index in [1.54, 1.807) is 0 Å². The Hall–Kier alpha value is -0.790. The number of hydrogen-bond acceptors (Lipinski definition) is 1. The highest BCUT2D eigenvalue weighted by Gasteiger charge is 2.08. The minimum Gasteiger partial charge on any atom is -0.149 e. The Morgan fingerprint density at radius 2 is 1.94 bits per heavy atom. The monoisotopic (exact) mass is 278 g/mol. The van der Waals surface area contributed by atoms with Gasteiger partial charge in [0, 0.05) is 9.90 Å². The molecule has 0 saturated heterocycles. The molecule has 0 spiro atoms. The average Bonchev–Trinajstić information content (AvgIpc) is 2.88. The van der Waals surface area contributed by atoms with Crippen LogP contribution in [-0.4, -0.2) is 0 Å². The number of benzene rings is 1. The molecule has 0 bridgehead atoms. The Kier molecular flexibility index (Phi) is 5.27. The normalized spacial score (nSPS) is 12.6. The van der Waals surface area contributed by atoms with Crippen molar-refractivity contribution in [2.45, 2.75) is 38.5 Å². The SMILES string of the molecule is CC(CCCCc1cccs1)c1ccccc1Cl. The van der Waals surface area contributed by atoms with E-state index in [9.17, 15) is 0 Å². The molecule has 18 heavy (non-hydrogen) atoms. The quantitative estimate of drug-likeness (QED) is 0.576. The Morgan fingerprint density at radius 1 is 1.11 bits per heavy atom. The number of thiophene rings is 1. The van der Waals surface area contributed by atoms with Crippen LogP contribution in [0.5, 0.6) is 0 Å². The first-order chi connectivity index (χ1) is 8.77. The zero-order valence-electron chi connectivity index (χ0n) is 10.7. The molecule has 0 saturated carbocycles. The lowest BCUT2D eigenvalue weighted by atomic mass is 9.95. The molecule has 0 amide bonds. The zero-order valence-corrected chi connectivity index (χ0v) is 12.3. The Bertz CT molecular complexity index is 462. The van der Waals surface area contributed by atoms with E-state index in [0.717, 1.165) is 5.02 Å². The predicted octanol–water partition coefficient (Wildman–Crippen LogP) is 5.92. The summed E-state index contributed by atoms with van der Waals surface area (Å²) in [6, 6.07) is 12.6. The first-order valence-electron chi connectivity index (χ1n) is 6.54. The van der Waals surface area contributed by atoms with E-state index >= 15 is 0 Å². The molecule has 0 aliphatic heterocycles. The molecule has 0 N–H and O–H groups in total. The maximum Gasteiger partial charge on any atom is 0.0440 e. The van der Waals surface area contributed by atoms with E-state index in [1.165, 1.54) is 36.1 Å². The molecule has 2 rings (SSSR count). The van der Waals surface area contributed by atoms with Crippen molar-refractivity contribution >= 4 is 22.9 Å². The number of unbranched alkanes of at least 4 members (excludes halogenated alkanes) is 1. The smallest absolute Gasteiger partial charge is 0.0440 e. The van der Waals surface area contributed by atoms with Crippen LogP contribution in [-0.2, 0) is 6.42 Å². The van der Waals surface area contributed by atoms with Gasteiger partial charge in [0.25, 0.3) is 0 Å². The second-order valence-electron chi connectivity index (χ2n) is 4.75. The standard InChI is InChI=1S/C16H19ClS/c1-13(15-10-4-5-11-16(15)17)7-2-3-8-14-9-6-12-18-14/h4-6,9-13H,2-3,7-8H2,1H3. The molecule has 1 unspecified atom stereocenters. The second-order valence-corrected chi connectivity index (χ2v) is 6.19. The van der Waals surface area contributed by atoms with Crippen LogP contribution in [0.3, 0.4) is 0 Å². The topological polar surface area (TPSA) is 0 Å². The fraction of sp³-hybridized carbons (Fsp3) is 0.375. The van der Waals surface area contributed by atoms with Crippen LogP contribution in [0, 0.1) is 0 Å². The van der Waals surface area contributed by atoms with Crippen LogP contribution >= 0.6 is 22.9 Å². The summed E-state index contributed by atoms with van der Waals surface area (Å²) in [6.45, 7) is 2.27. The number of hydrogen-bond donors (Lipinski definition) is 0. The van der Waals surface area contributed by atoms with Gasteiger partial charge in [0.15, 0.2) is 0 Å². The summed E-state index contributed by atoms with van der Waals surface area (Å²) < 4.78 is 0. The van der Waals surface area contributed by atoms with Crippen LogP contribution in [0.4, 0.5) is 0 Å². The summed E-state index contributed by atoms with van der Waals surface area (Å²) in [7, 11) is 0. The van der Waals surface area contributed by atoms with Gasteiger partial charge in [-0.1, -0.05) is 49.2 Å². The van der Waals surface area contributed by atoms with E-state index in [0.29, 0.717) is 5.92 Å². The van der Waals surface area contributed by atoms with Crippen molar-refractivity contribution in [1.29, 1.82) is 0 Å². The maximum atomic E-state index is 6.21. The van der Waals surface area contributed by atoms with E-state index in [4.69, 9.17) is 11.6 Å².